The van der Waals surface area contributed by atoms with Gasteiger partial charge in [-0.25, -0.2) is 8.78 Å². The molecule has 1 aromatic rings. The number of hydrogen-bond donors (Lipinski definition) is 0. The zero-order chi connectivity index (χ0) is 20.3. The Bertz CT molecular complexity index is 755. The Hall–Kier alpha value is -2.51. The summed E-state index contributed by atoms with van der Waals surface area (Å²) in [6, 6.07) is 2.90. The molecule has 0 bridgehead atoms. The first-order chi connectivity index (χ1) is 13.4. The maximum atomic E-state index is 13.8. The number of methoxy groups -OCH3 is 1. The second kappa shape index (κ2) is 8.67. The van der Waals surface area contributed by atoms with Crippen molar-refractivity contribution in [2.75, 3.05) is 33.3 Å². The minimum absolute atomic E-state index is 0.0448. The van der Waals surface area contributed by atoms with E-state index in [1.54, 1.807) is 4.90 Å². The van der Waals surface area contributed by atoms with E-state index in [4.69, 9.17) is 4.74 Å². The molecule has 0 N–H and O–H groups in total. The molecule has 2 aliphatic rings. The first-order valence-corrected chi connectivity index (χ1v) is 9.51. The van der Waals surface area contributed by atoms with Gasteiger partial charge in [0.1, 0.15) is 11.6 Å². The van der Waals surface area contributed by atoms with Gasteiger partial charge in [-0.1, -0.05) is 0 Å². The van der Waals surface area contributed by atoms with Crippen molar-refractivity contribution in [1.29, 1.82) is 0 Å². The van der Waals surface area contributed by atoms with Crippen molar-refractivity contribution in [3.8, 4) is 0 Å². The van der Waals surface area contributed by atoms with Crippen LogP contribution < -0.4 is 0 Å². The number of piperidine rings is 2. The van der Waals surface area contributed by atoms with Crippen molar-refractivity contribution >= 4 is 17.8 Å². The van der Waals surface area contributed by atoms with Gasteiger partial charge in [-0.3, -0.25) is 14.4 Å². The van der Waals surface area contributed by atoms with Crippen molar-refractivity contribution in [2.24, 2.45) is 11.8 Å². The van der Waals surface area contributed by atoms with Gasteiger partial charge in [0, 0.05) is 38.2 Å². The van der Waals surface area contributed by atoms with Crippen LogP contribution in [0.3, 0.4) is 0 Å². The van der Waals surface area contributed by atoms with Crippen LogP contribution in [0, 0.1) is 23.5 Å². The van der Waals surface area contributed by atoms with Crippen LogP contribution in [0.15, 0.2) is 18.2 Å². The quantitative estimate of drug-likeness (QED) is 0.738. The Balaban J connectivity index is 1.52. The number of likely N-dealkylation sites (tertiary alicyclic amines) is 2. The average Bonchev–Trinajstić information content (AvgIpc) is 2.72. The highest BCUT2D eigenvalue weighted by atomic mass is 19.1. The Morgan fingerprint density at radius 3 is 2.07 bits per heavy atom. The minimum atomic E-state index is -0.878. The maximum absolute atomic E-state index is 13.8. The molecule has 6 nitrogen and oxygen atoms in total. The molecule has 2 amide bonds. The lowest BCUT2D eigenvalue weighted by molar-refractivity contribution is -0.149. The largest absolute Gasteiger partial charge is 0.469 e. The molecule has 3 rings (SSSR count). The second-order valence-corrected chi connectivity index (χ2v) is 7.31. The molecular formula is C20H24F2N2O4. The molecule has 0 unspecified atom stereocenters. The number of benzene rings is 1. The van der Waals surface area contributed by atoms with E-state index in [9.17, 15) is 23.2 Å². The smallest absolute Gasteiger partial charge is 0.308 e. The molecule has 2 heterocycles. The summed E-state index contributed by atoms with van der Waals surface area (Å²) in [5.41, 5.74) is -0.156. The highest BCUT2D eigenvalue weighted by Crippen LogP contribution is 2.25. The summed E-state index contributed by atoms with van der Waals surface area (Å²) in [4.78, 5) is 40.1. The fourth-order valence-electron chi connectivity index (χ4n) is 3.92. The van der Waals surface area contributed by atoms with Gasteiger partial charge in [0.15, 0.2) is 0 Å². The van der Waals surface area contributed by atoms with Gasteiger partial charge in [0.05, 0.1) is 18.6 Å². The third-order valence-electron chi connectivity index (χ3n) is 5.63. The van der Waals surface area contributed by atoms with E-state index in [1.807, 2.05) is 0 Å². The third-order valence-corrected chi connectivity index (χ3v) is 5.63. The molecule has 2 fully saturated rings. The first-order valence-electron chi connectivity index (χ1n) is 9.51. The van der Waals surface area contributed by atoms with Crippen LogP contribution in [-0.2, 0) is 14.3 Å². The van der Waals surface area contributed by atoms with Crippen LogP contribution in [0.4, 0.5) is 8.78 Å². The molecule has 2 aliphatic heterocycles. The number of esters is 1. The van der Waals surface area contributed by atoms with Crippen LogP contribution in [0.5, 0.6) is 0 Å². The summed E-state index contributed by atoms with van der Waals surface area (Å²) < 4.78 is 31.6. The number of amides is 2. The van der Waals surface area contributed by atoms with Crippen LogP contribution in [0.1, 0.15) is 36.0 Å². The van der Waals surface area contributed by atoms with E-state index in [0.717, 1.165) is 12.1 Å². The molecule has 0 saturated carbocycles. The Morgan fingerprint density at radius 2 is 1.50 bits per heavy atom. The van der Waals surface area contributed by atoms with Crippen molar-refractivity contribution in [3.05, 3.63) is 35.4 Å². The van der Waals surface area contributed by atoms with E-state index >= 15 is 0 Å². The number of nitrogens with zero attached hydrogens (tertiary/aromatic N) is 2. The lowest BCUT2D eigenvalue weighted by atomic mass is 9.92. The SMILES string of the molecule is COC(=O)C1CCN(C(=O)C2CCN(C(=O)c3ccc(F)cc3F)CC2)CC1. The van der Waals surface area contributed by atoms with E-state index in [2.05, 4.69) is 0 Å². The van der Waals surface area contributed by atoms with Gasteiger partial charge in [-0.05, 0) is 37.8 Å². The molecule has 1 aromatic carbocycles. The van der Waals surface area contributed by atoms with E-state index in [-0.39, 0.29) is 29.3 Å². The Kier molecular flexibility index (Phi) is 6.26. The van der Waals surface area contributed by atoms with Crippen LogP contribution in [0.2, 0.25) is 0 Å². The lowest BCUT2D eigenvalue weighted by Gasteiger charge is -2.36. The van der Waals surface area contributed by atoms with Gasteiger partial charge in [0.25, 0.3) is 5.91 Å². The zero-order valence-corrected chi connectivity index (χ0v) is 15.8. The van der Waals surface area contributed by atoms with E-state index in [1.165, 1.54) is 12.0 Å². The van der Waals surface area contributed by atoms with Crippen molar-refractivity contribution in [2.45, 2.75) is 25.7 Å². The van der Waals surface area contributed by atoms with Crippen LogP contribution in [0.25, 0.3) is 0 Å². The fraction of sp³-hybridized carbons (Fsp3) is 0.550. The monoisotopic (exact) mass is 394 g/mol. The minimum Gasteiger partial charge on any atom is -0.469 e. The highest BCUT2D eigenvalue weighted by molar-refractivity contribution is 5.94. The number of rotatable bonds is 3. The predicted octanol–water partition coefficient (Wildman–Crippen LogP) is 2.23. The van der Waals surface area contributed by atoms with E-state index in [0.29, 0.717) is 57.9 Å². The normalized spacial score (nSPS) is 18.8. The fourth-order valence-corrected chi connectivity index (χ4v) is 3.92. The highest BCUT2D eigenvalue weighted by Gasteiger charge is 2.34. The molecule has 0 atom stereocenters. The number of hydrogen-bond acceptors (Lipinski definition) is 4. The molecule has 2 saturated heterocycles. The molecule has 0 spiro atoms. The van der Waals surface area contributed by atoms with Gasteiger partial charge in [-0.15, -0.1) is 0 Å². The molecule has 28 heavy (non-hydrogen) atoms. The standard InChI is InChI=1S/C20H24F2N2O4/c1-28-20(27)14-6-10-23(11-7-14)18(25)13-4-8-24(9-5-13)19(26)16-3-2-15(21)12-17(16)22/h2-3,12-14H,4-11H2,1H3. The van der Waals surface area contributed by atoms with Crippen LogP contribution >= 0.6 is 0 Å². The number of carbonyl (C=O) groups is 3. The molecule has 152 valence electrons. The average molecular weight is 394 g/mol. The second-order valence-electron chi connectivity index (χ2n) is 7.31. The molecule has 0 radical (unpaired) electrons. The Labute approximate surface area is 162 Å². The summed E-state index contributed by atoms with van der Waals surface area (Å²) >= 11 is 0. The summed E-state index contributed by atoms with van der Waals surface area (Å²) in [5.74, 6) is -2.61. The first kappa shape index (κ1) is 20.2. The summed E-state index contributed by atoms with van der Waals surface area (Å²) in [5, 5.41) is 0. The lowest BCUT2D eigenvalue weighted by Crippen LogP contribution is -2.47. The van der Waals surface area contributed by atoms with Crippen molar-refractivity contribution in [3.63, 3.8) is 0 Å². The Morgan fingerprint density at radius 1 is 0.929 bits per heavy atom. The molecule has 0 aliphatic carbocycles. The third kappa shape index (κ3) is 4.31. The van der Waals surface area contributed by atoms with E-state index < -0.39 is 17.5 Å². The zero-order valence-electron chi connectivity index (χ0n) is 15.8. The molecule has 8 heteroatoms. The maximum Gasteiger partial charge on any atom is 0.308 e. The molecule has 0 aromatic heterocycles. The van der Waals surface area contributed by atoms with Crippen molar-refractivity contribution < 1.29 is 27.9 Å². The van der Waals surface area contributed by atoms with Gasteiger partial charge >= 0.3 is 5.97 Å². The summed E-state index contributed by atoms with van der Waals surface area (Å²) in [6.45, 7) is 1.76. The number of ether oxygens (including phenoxy) is 1. The summed E-state index contributed by atoms with van der Waals surface area (Å²) in [7, 11) is 1.37. The van der Waals surface area contributed by atoms with Crippen LogP contribution in [-0.4, -0.2) is 60.9 Å². The number of carbonyl (C=O) groups excluding carboxylic acids is 3. The number of halogens is 2. The van der Waals surface area contributed by atoms with Gasteiger partial charge < -0.3 is 14.5 Å². The summed E-state index contributed by atoms with van der Waals surface area (Å²) in [6.07, 6.45) is 2.20. The van der Waals surface area contributed by atoms with Gasteiger partial charge in [0.2, 0.25) is 5.91 Å². The topological polar surface area (TPSA) is 66.9 Å². The molecular weight excluding hydrogens is 370 g/mol. The predicted molar refractivity (Wildman–Crippen MR) is 96.3 cm³/mol. The van der Waals surface area contributed by atoms with Gasteiger partial charge in [-0.2, -0.15) is 0 Å². The van der Waals surface area contributed by atoms with Crippen molar-refractivity contribution in [1.82, 2.24) is 9.80 Å².